The average Bonchev–Trinajstić information content (AvgIpc) is 2.41. The monoisotopic (exact) mass is 266 g/mol. The first-order chi connectivity index (χ1) is 7.86. The Morgan fingerprint density at radius 3 is 1.06 bits per heavy atom. The minimum Gasteiger partial charge on any atom is -0.412 e. The lowest BCUT2D eigenvalue weighted by Gasteiger charge is -1.89. The van der Waals surface area contributed by atoms with Crippen LogP contribution >= 0.6 is 25.3 Å². The van der Waals surface area contributed by atoms with Gasteiger partial charge in [-0.25, -0.2) is 0 Å². The van der Waals surface area contributed by atoms with Gasteiger partial charge in [-0.05, 0) is 11.1 Å². The summed E-state index contributed by atoms with van der Waals surface area (Å²) < 4.78 is 0. The highest BCUT2D eigenvalue weighted by Crippen LogP contribution is 2.00. The highest BCUT2D eigenvalue weighted by molar-refractivity contribution is 7.79. The van der Waals surface area contributed by atoms with Crippen molar-refractivity contribution in [2.45, 2.75) is 11.5 Å². The van der Waals surface area contributed by atoms with E-state index in [1.807, 2.05) is 36.4 Å². The summed E-state index contributed by atoms with van der Waals surface area (Å²) in [7, 11) is 0. The fourth-order valence-electron chi connectivity index (χ4n) is 1.17. The largest absolute Gasteiger partial charge is 0.412 e. The van der Waals surface area contributed by atoms with Crippen molar-refractivity contribution in [1.29, 1.82) is 0 Å². The highest BCUT2D eigenvalue weighted by atomic mass is 32.1. The minimum absolute atomic E-state index is 0. The topological polar surface area (TPSA) is 31.5 Å². The van der Waals surface area contributed by atoms with Crippen LogP contribution in [0.2, 0.25) is 0 Å². The normalized spacial score (nSPS) is 8.59. The van der Waals surface area contributed by atoms with Crippen LogP contribution in [0.25, 0.3) is 0 Å². The Hall–Kier alpha value is -0.900. The van der Waals surface area contributed by atoms with Gasteiger partial charge in [0.05, 0.1) is 0 Å². The Morgan fingerprint density at radius 2 is 0.882 bits per heavy atom. The van der Waals surface area contributed by atoms with Crippen molar-refractivity contribution in [2.24, 2.45) is 0 Å². The Kier molecular flexibility index (Phi) is 9.72. The van der Waals surface area contributed by atoms with Crippen LogP contribution in [0.5, 0.6) is 0 Å². The van der Waals surface area contributed by atoms with Gasteiger partial charge in [-0.2, -0.15) is 25.3 Å². The zero-order chi connectivity index (χ0) is 11.6. The van der Waals surface area contributed by atoms with E-state index in [0.29, 0.717) is 0 Å². The van der Waals surface area contributed by atoms with Gasteiger partial charge in [0.25, 0.3) is 0 Å². The fraction of sp³-hybridized carbons (Fsp3) is 0.143. The zero-order valence-electron chi connectivity index (χ0n) is 9.58. The average molecular weight is 266 g/mol. The highest BCUT2D eigenvalue weighted by Gasteiger charge is 1.81. The molecule has 2 aromatic carbocycles. The third-order valence-electron chi connectivity index (χ3n) is 2.05. The van der Waals surface area contributed by atoms with Crippen LogP contribution in [-0.2, 0) is 11.5 Å². The second kappa shape index (κ2) is 10.3. The zero-order valence-corrected chi connectivity index (χ0v) is 11.4. The van der Waals surface area contributed by atoms with E-state index < -0.39 is 0 Å². The van der Waals surface area contributed by atoms with E-state index >= 15 is 0 Å². The Balaban J connectivity index is 0.000000284. The summed E-state index contributed by atoms with van der Waals surface area (Å²) in [6, 6.07) is 20.3. The van der Waals surface area contributed by atoms with Crippen molar-refractivity contribution in [3.05, 3.63) is 71.8 Å². The lowest BCUT2D eigenvalue weighted by molar-refractivity contribution is 0.824. The van der Waals surface area contributed by atoms with E-state index in [1.165, 1.54) is 11.1 Å². The molecule has 92 valence electrons. The van der Waals surface area contributed by atoms with E-state index in [1.54, 1.807) is 0 Å². The van der Waals surface area contributed by atoms with Gasteiger partial charge in [-0.3, -0.25) is 0 Å². The van der Waals surface area contributed by atoms with Crippen LogP contribution in [0.3, 0.4) is 0 Å². The second-order valence-electron chi connectivity index (χ2n) is 3.29. The van der Waals surface area contributed by atoms with Crippen LogP contribution in [0.1, 0.15) is 11.1 Å². The summed E-state index contributed by atoms with van der Waals surface area (Å²) in [6.07, 6.45) is 0. The molecule has 0 saturated heterocycles. The molecule has 0 aliphatic rings. The molecule has 3 heteroatoms. The lowest BCUT2D eigenvalue weighted by atomic mass is 10.2. The molecule has 0 radical (unpaired) electrons. The van der Waals surface area contributed by atoms with Gasteiger partial charge in [-0.15, -0.1) is 0 Å². The molecule has 17 heavy (non-hydrogen) atoms. The molecule has 0 bridgehead atoms. The third kappa shape index (κ3) is 7.10. The third-order valence-corrected chi connectivity index (χ3v) is 2.78. The van der Waals surface area contributed by atoms with Crippen LogP contribution in [-0.4, -0.2) is 5.48 Å². The van der Waals surface area contributed by atoms with Gasteiger partial charge < -0.3 is 5.48 Å². The van der Waals surface area contributed by atoms with Gasteiger partial charge in [0.1, 0.15) is 0 Å². The Morgan fingerprint density at radius 1 is 0.588 bits per heavy atom. The quantitative estimate of drug-likeness (QED) is 0.781. The van der Waals surface area contributed by atoms with Gasteiger partial charge in [-0.1, -0.05) is 60.7 Å². The van der Waals surface area contributed by atoms with E-state index in [9.17, 15) is 0 Å². The van der Waals surface area contributed by atoms with Crippen LogP contribution in [0, 0.1) is 0 Å². The molecule has 0 atom stereocenters. The van der Waals surface area contributed by atoms with Gasteiger partial charge in [0, 0.05) is 11.5 Å². The molecule has 1 nitrogen and oxygen atoms in total. The molecule has 0 unspecified atom stereocenters. The number of hydrogen-bond donors (Lipinski definition) is 2. The summed E-state index contributed by atoms with van der Waals surface area (Å²) in [5.74, 6) is 1.67. The smallest absolute Gasteiger partial charge is 0.0154 e. The molecule has 0 aromatic heterocycles. The fourth-order valence-corrected chi connectivity index (χ4v) is 1.59. The summed E-state index contributed by atoms with van der Waals surface area (Å²) in [5, 5.41) is 0. The van der Waals surface area contributed by atoms with E-state index in [0.717, 1.165) is 11.5 Å². The molecule has 0 heterocycles. The molecule has 0 spiro atoms. The first-order valence-corrected chi connectivity index (χ1v) is 6.43. The number of rotatable bonds is 2. The standard InChI is InChI=1S/2C7H8S.H2O/c2*8-6-7-4-2-1-3-5-7;/h2*1-5,8H,6H2;1H2. The van der Waals surface area contributed by atoms with Gasteiger partial charge in [0.2, 0.25) is 0 Å². The van der Waals surface area contributed by atoms with Crippen molar-refractivity contribution >= 4 is 25.3 Å². The minimum atomic E-state index is 0. The molecular formula is C14H18OS2. The van der Waals surface area contributed by atoms with E-state index in [4.69, 9.17) is 0 Å². The summed E-state index contributed by atoms with van der Waals surface area (Å²) in [5.41, 5.74) is 2.55. The summed E-state index contributed by atoms with van der Waals surface area (Å²) >= 11 is 8.22. The first-order valence-electron chi connectivity index (χ1n) is 5.16. The van der Waals surface area contributed by atoms with Crippen molar-refractivity contribution in [3.63, 3.8) is 0 Å². The molecule has 0 aliphatic carbocycles. The molecule has 2 aromatic rings. The lowest BCUT2D eigenvalue weighted by Crippen LogP contribution is -1.71. The van der Waals surface area contributed by atoms with Gasteiger partial charge in [0.15, 0.2) is 0 Å². The van der Waals surface area contributed by atoms with E-state index in [2.05, 4.69) is 49.5 Å². The maximum atomic E-state index is 4.11. The molecule has 0 amide bonds. The predicted octanol–water partition coefficient (Wildman–Crippen LogP) is 3.41. The van der Waals surface area contributed by atoms with Crippen molar-refractivity contribution < 1.29 is 5.48 Å². The van der Waals surface area contributed by atoms with Crippen molar-refractivity contribution in [3.8, 4) is 0 Å². The Labute approximate surface area is 114 Å². The first kappa shape index (κ1) is 16.1. The van der Waals surface area contributed by atoms with Crippen LogP contribution in [0.15, 0.2) is 60.7 Å². The predicted molar refractivity (Wildman–Crippen MR) is 81.9 cm³/mol. The molecule has 2 N–H and O–H groups in total. The maximum Gasteiger partial charge on any atom is 0.0154 e. The summed E-state index contributed by atoms with van der Waals surface area (Å²) in [6.45, 7) is 0. The summed E-state index contributed by atoms with van der Waals surface area (Å²) in [4.78, 5) is 0. The van der Waals surface area contributed by atoms with Gasteiger partial charge >= 0.3 is 0 Å². The van der Waals surface area contributed by atoms with Crippen molar-refractivity contribution in [1.82, 2.24) is 0 Å². The molecule has 0 aliphatic heterocycles. The molecule has 0 fully saturated rings. The number of benzene rings is 2. The van der Waals surface area contributed by atoms with Crippen LogP contribution < -0.4 is 0 Å². The van der Waals surface area contributed by atoms with Crippen molar-refractivity contribution in [2.75, 3.05) is 0 Å². The second-order valence-corrected chi connectivity index (χ2v) is 3.92. The SMILES string of the molecule is O.SCc1ccccc1.SCc1ccccc1. The Bertz CT molecular complexity index is 336. The maximum absolute atomic E-state index is 4.11. The van der Waals surface area contributed by atoms with Crippen LogP contribution in [0.4, 0.5) is 0 Å². The van der Waals surface area contributed by atoms with E-state index in [-0.39, 0.29) is 5.48 Å². The number of hydrogen-bond acceptors (Lipinski definition) is 2. The molecular weight excluding hydrogens is 248 g/mol. The molecule has 0 saturated carbocycles. The molecule has 2 rings (SSSR count). The number of thiol groups is 2.